The van der Waals surface area contributed by atoms with Crippen molar-refractivity contribution in [2.75, 3.05) is 5.32 Å². The second-order valence-electron chi connectivity index (χ2n) is 5.71. The average Bonchev–Trinajstić information content (AvgIpc) is 2.56. The molecule has 1 aliphatic heterocycles. The van der Waals surface area contributed by atoms with Crippen LogP contribution in [0.4, 0.5) is 10.1 Å². The van der Waals surface area contributed by atoms with E-state index in [1.165, 1.54) is 23.9 Å². The monoisotopic (exact) mass is 344 g/mol. The molecule has 2 atom stereocenters. The Morgan fingerprint density at radius 1 is 1.25 bits per heavy atom. The van der Waals surface area contributed by atoms with Crippen molar-refractivity contribution < 1.29 is 14.0 Å². The van der Waals surface area contributed by atoms with Crippen molar-refractivity contribution >= 4 is 29.3 Å². The fraction of sp³-hybridized carbons (Fsp3) is 0.222. The van der Waals surface area contributed by atoms with Crippen molar-refractivity contribution in [3.05, 3.63) is 59.4 Å². The van der Waals surface area contributed by atoms with Crippen LogP contribution in [0.15, 0.2) is 47.4 Å². The molecule has 2 aromatic rings. The molecule has 1 heterocycles. The van der Waals surface area contributed by atoms with Gasteiger partial charge >= 0.3 is 0 Å². The van der Waals surface area contributed by atoms with Crippen LogP contribution in [-0.4, -0.2) is 17.1 Å². The minimum absolute atomic E-state index is 0.0651. The summed E-state index contributed by atoms with van der Waals surface area (Å²) in [6.07, 6.45) is 0. The van der Waals surface area contributed by atoms with E-state index < -0.39 is 0 Å². The molecule has 0 spiro atoms. The lowest BCUT2D eigenvalue weighted by Crippen LogP contribution is -2.28. The van der Waals surface area contributed by atoms with Crippen molar-refractivity contribution in [3.63, 3.8) is 0 Å². The molecule has 0 aliphatic carbocycles. The number of halogens is 1. The minimum Gasteiger partial charge on any atom is -0.346 e. The summed E-state index contributed by atoms with van der Waals surface area (Å²) in [6.45, 7) is 3.68. The number of amides is 2. The van der Waals surface area contributed by atoms with E-state index in [-0.39, 0.29) is 28.9 Å². The third-order valence-corrected chi connectivity index (χ3v) is 5.07. The topological polar surface area (TPSA) is 58.2 Å². The van der Waals surface area contributed by atoms with Crippen LogP contribution < -0.4 is 10.6 Å². The van der Waals surface area contributed by atoms with Gasteiger partial charge in [-0.3, -0.25) is 9.59 Å². The van der Waals surface area contributed by atoms with E-state index in [1.807, 2.05) is 19.9 Å². The van der Waals surface area contributed by atoms with Gasteiger partial charge in [-0.1, -0.05) is 12.1 Å². The summed E-state index contributed by atoms with van der Waals surface area (Å²) in [6, 6.07) is 11.0. The van der Waals surface area contributed by atoms with Gasteiger partial charge in [-0.05, 0) is 49.7 Å². The predicted molar refractivity (Wildman–Crippen MR) is 92.7 cm³/mol. The van der Waals surface area contributed by atoms with Crippen LogP contribution in [0.1, 0.15) is 35.8 Å². The summed E-state index contributed by atoms with van der Waals surface area (Å²) >= 11 is 1.47. The van der Waals surface area contributed by atoms with Gasteiger partial charge in [0.15, 0.2) is 0 Å². The van der Waals surface area contributed by atoms with Gasteiger partial charge < -0.3 is 10.6 Å². The Hall–Kier alpha value is -2.34. The van der Waals surface area contributed by atoms with Crippen LogP contribution in [0.25, 0.3) is 0 Å². The van der Waals surface area contributed by atoms with Gasteiger partial charge in [0.1, 0.15) is 5.82 Å². The zero-order valence-corrected chi connectivity index (χ0v) is 14.1. The molecular weight excluding hydrogens is 327 g/mol. The largest absolute Gasteiger partial charge is 0.346 e. The van der Waals surface area contributed by atoms with Gasteiger partial charge in [-0.15, -0.1) is 11.8 Å². The van der Waals surface area contributed by atoms with Crippen molar-refractivity contribution in [1.29, 1.82) is 0 Å². The van der Waals surface area contributed by atoms with Gasteiger partial charge in [0.25, 0.3) is 5.91 Å². The summed E-state index contributed by atoms with van der Waals surface area (Å²) in [7, 11) is 0. The molecule has 0 bridgehead atoms. The second-order valence-corrected chi connectivity index (χ2v) is 7.09. The van der Waals surface area contributed by atoms with Gasteiger partial charge in [0.05, 0.1) is 17.0 Å². The average molecular weight is 344 g/mol. The normalized spacial score (nSPS) is 17.6. The van der Waals surface area contributed by atoms with E-state index in [9.17, 15) is 14.0 Å². The third kappa shape index (κ3) is 3.43. The Kier molecular flexibility index (Phi) is 4.57. The van der Waals surface area contributed by atoms with Crippen molar-refractivity contribution in [3.8, 4) is 0 Å². The van der Waals surface area contributed by atoms with Gasteiger partial charge in [0.2, 0.25) is 5.91 Å². The highest BCUT2D eigenvalue weighted by Crippen LogP contribution is 2.36. The number of carbonyl (C=O) groups is 2. The van der Waals surface area contributed by atoms with E-state index >= 15 is 0 Å². The Morgan fingerprint density at radius 3 is 2.67 bits per heavy atom. The number of rotatable bonds is 3. The van der Waals surface area contributed by atoms with E-state index in [0.29, 0.717) is 11.3 Å². The lowest BCUT2D eigenvalue weighted by molar-refractivity contribution is -0.115. The molecule has 6 heteroatoms. The number of carbonyl (C=O) groups excluding carboxylic acids is 2. The van der Waals surface area contributed by atoms with Crippen LogP contribution in [0.3, 0.4) is 0 Å². The van der Waals surface area contributed by atoms with Crippen molar-refractivity contribution in [1.82, 2.24) is 5.32 Å². The predicted octanol–water partition coefficient (Wildman–Crippen LogP) is 3.75. The molecule has 124 valence electrons. The van der Waals surface area contributed by atoms with Crippen molar-refractivity contribution in [2.45, 2.75) is 30.0 Å². The molecule has 0 aromatic heterocycles. The highest BCUT2D eigenvalue weighted by molar-refractivity contribution is 8.00. The highest BCUT2D eigenvalue weighted by atomic mass is 32.2. The summed E-state index contributed by atoms with van der Waals surface area (Å²) in [5.41, 5.74) is 1.95. The fourth-order valence-electron chi connectivity index (χ4n) is 2.46. The van der Waals surface area contributed by atoms with Crippen LogP contribution in [-0.2, 0) is 4.79 Å². The number of fused-ring (bicyclic) bond motifs is 1. The number of nitrogens with one attached hydrogen (secondary N) is 2. The Morgan fingerprint density at radius 2 is 1.96 bits per heavy atom. The van der Waals surface area contributed by atoms with Crippen molar-refractivity contribution in [2.24, 2.45) is 0 Å². The zero-order chi connectivity index (χ0) is 17.3. The molecule has 0 fully saturated rings. The third-order valence-electron chi connectivity index (χ3n) is 3.89. The number of benzene rings is 2. The van der Waals surface area contributed by atoms with E-state index in [1.54, 1.807) is 24.3 Å². The fourth-order valence-corrected chi connectivity index (χ4v) is 3.40. The van der Waals surface area contributed by atoms with Gasteiger partial charge in [0, 0.05) is 10.5 Å². The van der Waals surface area contributed by atoms with Gasteiger partial charge in [-0.2, -0.15) is 0 Å². The SMILES string of the molecule is CC1Sc2ccc(C(=O)NC(C)c3ccc(F)cc3)cc2NC1=O. The van der Waals surface area contributed by atoms with Gasteiger partial charge in [-0.25, -0.2) is 4.39 Å². The lowest BCUT2D eigenvalue weighted by atomic mass is 10.1. The molecule has 2 amide bonds. The number of thioether (sulfide) groups is 1. The Balaban J connectivity index is 1.75. The molecule has 2 unspecified atom stereocenters. The maximum absolute atomic E-state index is 13.0. The molecule has 2 aromatic carbocycles. The summed E-state index contributed by atoms with van der Waals surface area (Å²) < 4.78 is 13.0. The number of anilines is 1. The maximum Gasteiger partial charge on any atom is 0.251 e. The van der Waals surface area contributed by atoms with E-state index in [2.05, 4.69) is 10.6 Å². The zero-order valence-electron chi connectivity index (χ0n) is 13.3. The first-order valence-corrected chi connectivity index (χ1v) is 8.50. The molecular formula is C18H17FN2O2S. The molecule has 0 saturated heterocycles. The molecule has 4 nitrogen and oxygen atoms in total. The Bertz CT molecular complexity index is 792. The second kappa shape index (κ2) is 6.65. The lowest BCUT2D eigenvalue weighted by Gasteiger charge is -2.22. The van der Waals surface area contributed by atoms with Crippen LogP contribution in [0, 0.1) is 5.82 Å². The standard InChI is InChI=1S/C18H17FN2O2S/c1-10(12-3-6-14(19)7-4-12)20-18(23)13-5-8-16-15(9-13)21-17(22)11(2)24-16/h3-11H,1-2H3,(H,20,23)(H,21,22). The maximum atomic E-state index is 13.0. The van der Waals surface area contributed by atoms with Crippen LogP contribution in [0.5, 0.6) is 0 Å². The molecule has 24 heavy (non-hydrogen) atoms. The molecule has 0 saturated carbocycles. The first-order chi connectivity index (χ1) is 11.4. The van der Waals surface area contributed by atoms with E-state index in [4.69, 9.17) is 0 Å². The molecule has 0 radical (unpaired) electrons. The first-order valence-electron chi connectivity index (χ1n) is 7.62. The van der Waals surface area contributed by atoms with Crippen LogP contribution in [0.2, 0.25) is 0 Å². The molecule has 2 N–H and O–H groups in total. The number of hydrogen-bond donors (Lipinski definition) is 2. The summed E-state index contributed by atoms with van der Waals surface area (Å²) in [4.78, 5) is 25.1. The van der Waals surface area contributed by atoms with E-state index in [0.717, 1.165) is 10.5 Å². The summed E-state index contributed by atoms with van der Waals surface area (Å²) in [5, 5.41) is 5.55. The number of hydrogen-bond acceptors (Lipinski definition) is 3. The Labute approximate surface area is 143 Å². The summed E-state index contributed by atoms with van der Waals surface area (Å²) in [5.74, 6) is -0.619. The van der Waals surface area contributed by atoms with Crippen LogP contribution >= 0.6 is 11.8 Å². The smallest absolute Gasteiger partial charge is 0.251 e. The molecule has 3 rings (SSSR count). The first kappa shape index (κ1) is 16.5. The highest BCUT2D eigenvalue weighted by Gasteiger charge is 2.24. The quantitative estimate of drug-likeness (QED) is 0.891. The molecule has 1 aliphatic rings. The minimum atomic E-state index is -0.311.